The first kappa shape index (κ1) is 26.3. The number of aromatic nitrogens is 1. The summed E-state index contributed by atoms with van der Waals surface area (Å²) in [6.07, 6.45) is 1.27. The molecule has 0 aliphatic carbocycles. The summed E-state index contributed by atoms with van der Waals surface area (Å²) < 4.78 is 0. The van der Waals surface area contributed by atoms with Gasteiger partial charge < -0.3 is 16.0 Å². The quantitative estimate of drug-likeness (QED) is 0.283. The van der Waals surface area contributed by atoms with E-state index in [2.05, 4.69) is 68.3 Å². The van der Waals surface area contributed by atoms with Crippen molar-refractivity contribution in [2.24, 2.45) is 0 Å². The average molecular weight is 534 g/mol. The summed E-state index contributed by atoms with van der Waals surface area (Å²) in [6.45, 7) is 5.48. The highest BCUT2D eigenvalue weighted by atomic mass is 16.2. The van der Waals surface area contributed by atoms with E-state index in [4.69, 9.17) is 0 Å². The Hall–Kier alpha value is -3.91. The van der Waals surface area contributed by atoms with E-state index >= 15 is 0 Å². The Labute approximate surface area is 234 Å². The molecule has 0 unspecified atom stereocenters. The molecule has 0 atom stereocenters. The van der Waals surface area contributed by atoms with Crippen LogP contribution in [0.25, 0.3) is 32.3 Å². The highest BCUT2D eigenvalue weighted by Gasteiger charge is 2.16. The molecular weight excluding hydrogens is 498 g/mol. The van der Waals surface area contributed by atoms with Crippen molar-refractivity contribution in [3.63, 3.8) is 0 Å². The van der Waals surface area contributed by atoms with Crippen LogP contribution in [0.4, 0.5) is 0 Å². The maximum Gasteiger partial charge on any atom is 0.251 e. The van der Waals surface area contributed by atoms with E-state index in [1.54, 1.807) is 0 Å². The highest BCUT2D eigenvalue weighted by molar-refractivity contribution is 6.26. The number of nitrogens with zero attached hydrogens (tertiary/aromatic N) is 2. The summed E-state index contributed by atoms with van der Waals surface area (Å²) in [5.74, 6) is 0.00182. The molecule has 1 amide bonds. The van der Waals surface area contributed by atoms with Gasteiger partial charge in [-0.2, -0.15) is 0 Å². The van der Waals surface area contributed by atoms with Crippen molar-refractivity contribution in [3.05, 3.63) is 89.7 Å². The Balaban J connectivity index is 1.05. The minimum absolute atomic E-state index is 0.138. The molecule has 1 aromatic heterocycles. The Kier molecular flexibility index (Phi) is 7.95. The number of ketones is 1. The molecule has 2 heterocycles. The van der Waals surface area contributed by atoms with Gasteiger partial charge in [-0.25, -0.2) is 0 Å². The zero-order valence-electron chi connectivity index (χ0n) is 22.7. The van der Waals surface area contributed by atoms with Crippen molar-refractivity contribution >= 4 is 44.0 Å². The van der Waals surface area contributed by atoms with Crippen LogP contribution in [-0.4, -0.2) is 60.8 Å². The largest absolute Gasteiger partial charge is 0.352 e. The molecule has 0 fully saturated rings. The molecule has 2 bridgehead atoms. The molecule has 204 valence electrons. The molecule has 7 nitrogen and oxygen atoms in total. The molecule has 3 N–H and O–H groups in total. The molecule has 1 aliphatic heterocycles. The van der Waals surface area contributed by atoms with Crippen LogP contribution in [0.2, 0.25) is 0 Å². The number of nitrogens with one attached hydrogen (secondary N) is 3. The highest BCUT2D eigenvalue weighted by Crippen LogP contribution is 2.35. The normalized spacial score (nSPS) is 15.5. The summed E-state index contributed by atoms with van der Waals surface area (Å²) in [6, 6.07) is 24.7. The number of hydrogen-bond donors (Lipinski definition) is 3. The lowest BCUT2D eigenvalue weighted by Crippen LogP contribution is -2.38. The molecule has 1 aliphatic rings. The number of Topliss-reactive ketones (excluding diaryl/α,β-unsaturated/α-hetero) is 1. The summed E-state index contributed by atoms with van der Waals surface area (Å²) in [4.78, 5) is 33.0. The summed E-state index contributed by atoms with van der Waals surface area (Å²) in [5, 5.41) is 16.6. The number of fused-ring (bicyclic) bond motifs is 2. The molecule has 4 aromatic carbocycles. The van der Waals surface area contributed by atoms with Gasteiger partial charge >= 0.3 is 0 Å². The molecule has 0 saturated carbocycles. The van der Waals surface area contributed by atoms with E-state index in [1.165, 1.54) is 16.2 Å². The van der Waals surface area contributed by atoms with Gasteiger partial charge in [-0.15, -0.1) is 0 Å². The van der Waals surface area contributed by atoms with Crippen molar-refractivity contribution in [3.8, 4) is 0 Å². The van der Waals surface area contributed by atoms with Crippen molar-refractivity contribution in [2.75, 3.05) is 39.3 Å². The maximum absolute atomic E-state index is 13.2. The second-order valence-electron chi connectivity index (χ2n) is 10.6. The van der Waals surface area contributed by atoms with Gasteiger partial charge in [0.25, 0.3) is 5.91 Å². The molecule has 5 aromatic rings. The van der Waals surface area contributed by atoms with Crippen LogP contribution < -0.4 is 16.0 Å². The zero-order chi connectivity index (χ0) is 27.3. The first-order valence-electron chi connectivity index (χ1n) is 14.2. The Morgan fingerprint density at radius 2 is 1.45 bits per heavy atom. The second kappa shape index (κ2) is 12.1. The van der Waals surface area contributed by atoms with Crippen LogP contribution in [0.1, 0.15) is 34.6 Å². The van der Waals surface area contributed by atoms with Crippen LogP contribution in [0.15, 0.2) is 72.8 Å². The molecule has 40 heavy (non-hydrogen) atoms. The molecule has 0 radical (unpaired) electrons. The SMILES string of the molecule is O=C(CCNC(=O)c1ccc2ccc3cccc4ccc1c2c34)CN1CCCNCc2cccc(n2)CNCC1. The predicted molar refractivity (Wildman–Crippen MR) is 161 cm³/mol. The summed E-state index contributed by atoms with van der Waals surface area (Å²) >= 11 is 0. The number of hydrogen-bond acceptors (Lipinski definition) is 6. The molecule has 0 spiro atoms. The van der Waals surface area contributed by atoms with Gasteiger partial charge in [0.05, 0.1) is 17.9 Å². The first-order valence-corrected chi connectivity index (χ1v) is 14.2. The third kappa shape index (κ3) is 5.82. The van der Waals surface area contributed by atoms with Crippen molar-refractivity contribution < 1.29 is 9.59 Å². The third-order valence-corrected chi connectivity index (χ3v) is 7.77. The first-order chi connectivity index (χ1) is 19.7. The molecule has 6 rings (SSSR count). The molecular formula is C33H35N5O2. The lowest BCUT2D eigenvalue weighted by molar-refractivity contribution is -0.120. The van der Waals surface area contributed by atoms with E-state index in [0.29, 0.717) is 31.6 Å². The lowest BCUT2D eigenvalue weighted by Gasteiger charge is -2.22. The Morgan fingerprint density at radius 3 is 2.25 bits per heavy atom. The second-order valence-corrected chi connectivity index (χ2v) is 10.6. The van der Waals surface area contributed by atoms with Gasteiger partial charge in [-0.05, 0) is 70.0 Å². The molecule has 0 saturated heterocycles. The lowest BCUT2D eigenvalue weighted by atomic mass is 9.92. The zero-order valence-corrected chi connectivity index (χ0v) is 22.7. The Bertz CT molecular complexity index is 1630. The Morgan fingerprint density at radius 1 is 0.775 bits per heavy atom. The fraction of sp³-hybridized carbons (Fsp3) is 0.303. The van der Waals surface area contributed by atoms with Gasteiger partial charge in [-0.1, -0.05) is 54.6 Å². The standard InChI is InChI=1S/C33H35N5O2/c39-28(22-38-18-3-15-34-20-26-6-2-7-27(37-26)21-35-17-19-38)14-16-36-33(40)30-13-11-25-9-8-23-4-1-5-24-10-12-29(30)32(25)31(23)24/h1-2,4-13,34-35H,3,14-22H2,(H,36,40). The smallest absolute Gasteiger partial charge is 0.251 e. The fourth-order valence-corrected chi connectivity index (χ4v) is 5.77. The van der Waals surface area contributed by atoms with Crippen molar-refractivity contribution in [1.29, 1.82) is 0 Å². The topological polar surface area (TPSA) is 86.4 Å². The van der Waals surface area contributed by atoms with Crippen LogP contribution in [0.3, 0.4) is 0 Å². The van der Waals surface area contributed by atoms with Crippen molar-refractivity contribution in [1.82, 2.24) is 25.8 Å². The number of pyridine rings is 1. The number of carbonyl (C=O) groups is 2. The van der Waals surface area contributed by atoms with E-state index in [0.717, 1.165) is 66.7 Å². The van der Waals surface area contributed by atoms with E-state index < -0.39 is 0 Å². The number of rotatable bonds is 6. The predicted octanol–water partition coefficient (Wildman–Crippen LogP) is 4.25. The minimum atomic E-state index is -0.138. The number of carbonyl (C=O) groups excluding carboxylic acids is 2. The van der Waals surface area contributed by atoms with Gasteiger partial charge in [0.1, 0.15) is 5.78 Å². The van der Waals surface area contributed by atoms with Crippen LogP contribution in [0, 0.1) is 0 Å². The fourth-order valence-electron chi connectivity index (χ4n) is 5.77. The summed E-state index contributed by atoms with van der Waals surface area (Å²) in [5.41, 5.74) is 2.73. The van der Waals surface area contributed by atoms with Crippen LogP contribution >= 0.6 is 0 Å². The third-order valence-electron chi connectivity index (χ3n) is 7.77. The number of amides is 1. The summed E-state index contributed by atoms with van der Waals surface area (Å²) in [7, 11) is 0. The van der Waals surface area contributed by atoms with E-state index in [9.17, 15) is 9.59 Å². The van der Waals surface area contributed by atoms with Crippen LogP contribution in [0.5, 0.6) is 0 Å². The van der Waals surface area contributed by atoms with Crippen molar-refractivity contribution in [2.45, 2.75) is 25.9 Å². The minimum Gasteiger partial charge on any atom is -0.352 e. The average Bonchev–Trinajstić information content (AvgIpc) is 2.98. The molecule has 7 heteroatoms. The van der Waals surface area contributed by atoms with Gasteiger partial charge in [0, 0.05) is 44.7 Å². The van der Waals surface area contributed by atoms with Gasteiger partial charge in [-0.3, -0.25) is 19.5 Å². The van der Waals surface area contributed by atoms with Gasteiger partial charge in [0.2, 0.25) is 0 Å². The van der Waals surface area contributed by atoms with E-state index in [-0.39, 0.29) is 11.7 Å². The van der Waals surface area contributed by atoms with Crippen LogP contribution in [-0.2, 0) is 17.9 Å². The number of benzene rings is 4. The van der Waals surface area contributed by atoms with Gasteiger partial charge in [0.15, 0.2) is 0 Å². The van der Waals surface area contributed by atoms with E-state index in [1.807, 2.05) is 30.3 Å². The monoisotopic (exact) mass is 533 g/mol. The maximum atomic E-state index is 13.2.